The highest BCUT2D eigenvalue weighted by molar-refractivity contribution is 7.98. The van der Waals surface area contributed by atoms with E-state index in [0.717, 1.165) is 27.5 Å². The Hall–Kier alpha value is -2.26. The molecule has 9 heteroatoms. The molecule has 4 nitrogen and oxygen atoms in total. The maximum atomic E-state index is 12.9. The van der Waals surface area contributed by atoms with E-state index in [4.69, 9.17) is 0 Å². The van der Waals surface area contributed by atoms with E-state index in [2.05, 4.69) is 16.0 Å². The van der Waals surface area contributed by atoms with Crippen LogP contribution in [0.15, 0.2) is 47.4 Å². The number of carbonyl (C=O) groups excluding carboxylic acids is 1. The fourth-order valence-electron chi connectivity index (χ4n) is 3.27. The number of benzene rings is 2. The summed E-state index contributed by atoms with van der Waals surface area (Å²) >= 11 is 3.30. The van der Waals surface area contributed by atoms with E-state index >= 15 is 0 Å². The molecular formula is C20H18F3N3OS2. The van der Waals surface area contributed by atoms with Crippen molar-refractivity contribution in [2.45, 2.75) is 11.1 Å². The van der Waals surface area contributed by atoms with Crippen LogP contribution in [0.1, 0.15) is 15.9 Å². The summed E-state index contributed by atoms with van der Waals surface area (Å²) in [6.07, 6.45) is -2.43. The molecule has 0 radical (unpaired) electrons. The number of nitrogens with zero attached hydrogens (tertiary/aromatic N) is 3. The Morgan fingerprint density at radius 1 is 1.10 bits per heavy atom. The van der Waals surface area contributed by atoms with Gasteiger partial charge in [0.25, 0.3) is 5.91 Å². The number of anilines is 1. The second-order valence-corrected chi connectivity index (χ2v) is 8.58. The zero-order valence-corrected chi connectivity index (χ0v) is 17.2. The summed E-state index contributed by atoms with van der Waals surface area (Å²) in [6.45, 7) is 2.09. The second-order valence-electron chi connectivity index (χ2n) is 6.69. The smallest absolute Gasteiger partial charge is 0.345 e. The number of thiazole rings is 1. The minimum absolute atomic E-state index is 0.0675. The van der Waals surface area contributed by atoms with Gasteiger partial charge in [-0.3, -0.25) is 4.79 Å². The predicted molar refractivity (Wildman–Crippen MR) is 111 cm³/mol. The predicted octanol–water partition coefficient (Wildman–Crippen LogP) is 5.00. The number of hydrogen-bond acceptors (Lipinski definition) is 5. The van der Waals surface area contributed by atoms with Gasteiger partial charge in [0.1, 0.15) is 0 Å². The number of alkyl halides is 3. The first-order valence-corrected chi connectivity index (χ1v) is 11.1. The van der Waals surface area contributed by atoms with E-state index < -0.39 is 11.7 Å². The number of fused-ring (bicyclic) bond motifs is 1. The molecule has 0 bridgehead atoms. The van der Waals surface area contributed by atoms with Crippen molar-refractivity contribution in [3.63, 3.8) is 0 Å². The number of hydrogen-bond donors (Lipinski definition) is 0. The van der Waals surface area contributed by atoms with Crippen LogP contribution in [0.25, 0.3) is 10.2 Å². The van der Waals surface area contributed by atoms with Gasteiger partial charge in [0.05, 0.1) is 15.8 Å². The van der Waals surface area contributed by atoms with Crippen LogP contribution in [0, 0.1) is 0 Å². The van der Waals surface area contributed by atoms with Gasteiger partial charge in [-0.25, -0.2) is 4.98 Å². The summed E-state index contributed by atoms with van der Waals surface area (Å²) in [6, 6.07) is 10.8. The van der Waals surface area contributed by atoms with Crippen LogP contribution in [-0.2, 0) is 6.18 Å². The SMILES string of the molecule is CSc1ccc2nc(N3CCN(C(=O)c4cccc(C(F)(F)F)c4)CC3)sc2c1. The number of halogens is 3. The first-order chi connectivity index (χ1) is 13.8. The molecule has 152 valence electrons. The van der Waals surface area contributed by atoms with Crippen LogP contribution in [-0.4, -0.2) is 48.2 Å². The minimum Gasteiger partial charge on any atom is -0.345 e. The van der Waals surface area contributed by atoms with Crippen molar-refractivity contribution < 1.29 is 18.0 Å². The zero-order valence-electron chi connectivity index (χ0n) is 15.6. The molecule has 1 amide bonds. The third-order valence-corrected chi connectivity index (χ3v) is 6.66. The Balaban J connectivity index is 1.45. The Bertz CT molecular complexity index is 1040. The Labute approximate surface area is 174 Å². The fraction of sp³-hybridized carbons (Fsp3) is 0.300. The first kappa shape index (κ1) is 20.0. The van der Waals surface area contributed by atoms with Crippen LogP contribution in [0.5, 0.6) is 0 Å². The highest BCUT2D eigenvalue weighted by Gasteiger charge is 2.32. The van der Waals surface area contributed by atoms with Crippen molar-refractivity contribution in [1.82, 2.24) is 9.88 Å². The van der Waals surface area contributed by atoms with E-state index in [1.54, 1.807) is 28.0 Å². The lowest BCUT2D eigenvalue weighted by molar-refractivity contribution is -0.137. The summed E-state index contributed by atoms with van der Waals surface area (Å²) in [7, 11) is 0. The monoisotopic (exact) mass is 437 g/mol. The summed E-state index contributed by atoms with van der Waals surface area (Å²) in [5.74, 6) is -0.371. The van der Waals surface area contributed by atoms with Gasteiger partial charge < -0.3 is 9.80 Å². The van der Waals surface area contributed by atoms with E-state index in [1.165, 1.54) is 17.0 Å². The molecule has 1 fully saturated rings. The molecule has 2 heterocycles. The van der Waals surface area contributed by atoms with Crippen LogP contribution in [0.4, 0.5) is 18.3 Å². The molecule has 0 N–H and O–H groups in total. The van der Waals surface area contributed by atoms with Crippen molar-refractivity contribution in [3.8, 4) is 0 Å². The van der Waals surface area contributed by atoms with Crippen molar-refractivity contribution in [2.75, 3.05) is 37.3 Å². The lowest BCUT2D eigenvalue weighted by atomic mass is 10.1. The third-order valence-electron chi connectivity index (χ3n) is 4.86. The molecule has 1 saturated heterocycles. The highest BCUT2D eigenvalue weighted by Crippen LogP contribution is 2.32. The standard InChI is InChI=1S/C20H18F3N3OS2/c1-28-15-5-6-16-17(12-15)29-19(24-16)26-9-7-25(8-10-26)18(27)13-3-2-4-14(11-13)20(21,22)23/h2-6,11-12H,7-10H2,1H3. The molecule has 0 unspecified atom stereocenters. The number of carbonyl (C=O) groups is 1. The van der Waals surface area contributed by atoms with Crippen molar-refractivity contribution >= 4 is 44.4 Å². The van der Waals surface area contributed by atoms with Gasteiger partial charge >= 0.3 is 6.18 Å². The molecule has 0 atom stereocenters. The Kier molecular flexibility index (Phi) is 5.44. The molecular weight excluding hydrogens is 419 g/mol. The van der Waals surface area contributed by atoms with E-state index in [0.29, 0.717) is 26.2 Å². The van der Waals surface area contributed by atoms with E-state index in [1.807, 2.05) is 18.4 Å². The van der Waals surface area contributed by atoms with Gasteiger partial charge in [-0.1, -0.05) is 17.4 Å². The van der Waals surface area contributed by atoms with Gasteiger partial charge in [-0.05, 0) is 42.7 Å². The maximum absolute atomic E-state index is 12.9. The van der Waals surface area contributed by atoms with Crippen molar-refractivity contribution in [3.05, 3.63) is 53.6 Å². The van der Waals surface area contributed by atoms with Gasteiger partial charge in [-0.2, -0.15) is 13.2 Å². The van der Waals surface area contributed by atoms with Crippen LogP contribution >= 0.6 is 23.1 Å². The number of rotatable bonds is 3. The minimum atomic E-state index is -4.46. The number of aromatic nitrogens is 1. The Morgan fingerprint density at radius 3 is 2.55 bits per heavy atom. The van der Waals surface area contributed by atoms with Gasteiger partial charge in [0, 0.05) is 36.6 Å². The molecule has 4 rings (SSSR count). The molecule has 1 aromatic heterocycles. The molecule has 1 aliphatic rings. The second kappa shape index (κ2) is 7.87. The molecule has 0 aliphatic carbocycles. The van der Waals surface area contributed by atoms with Crippen LogP contribution in [0.2, 0.25) is 0 Å². The number of amides is 1. The lowest BCUT2D eigenvalue weighted by Gasteiger charge is -2.34. The van der Waals surface area contributed by atoms with Crippen LogP contribution in [0.3, 0.4) is 0 Å². The largest absolute Gasteiger partial charge is 0.416 e. The normalized spacial score (nSPS) is 15.2. The average molecular weight is 438 g/mol. The molecule has 1 aliphatic heterocycles. The van der Waals surface area contributed by atoms with E-state index in [-0.39, 0.29) is 11.5 Å². The van der Waals surface area contributed by atoms with Gasteiger partial charge in [0.2, 0.25) is 0 Å². The first-order valence-electron chi connectivity index (χ1n) is 9.01. The average Bonchev–Trinajstić information content (AvgIpc) is 3.16. The van der Waals surface area contributed by atoms with E-state index in [9.17, 15) is 18.0 Å². The molecule has 3 aromatic rings. The van der Waals surface area contributed by atoms with Gasteiger partial charge in [0.15, 0.2) is 5.13 Å². The molecule has 2 aromatic carbocycles. The Morgan fingerprint density at radius 2 is 1.86 bits per heavy atom. The number of piperazine rings is 1. The summed E-state index contributed by atoms with van der Waals surface area (Å²) < 4.78 is 39.8. The summed E-state index contributed by atoms with van der Waals surface area (Å²) in [4.78, 5) is 22.3. The maximum Gasteiger partial charge on any atom is 0.416 e. The van der Waals surface area contributed by atoms with Gasteiger partial charge in [-0.15, -0.1) is 11.8 Å². The van der Waals surface area contributed by atoms with Crippen molar-refractivity contribution in [1.29, 1.82) is 0 Å². The molecule has 0 spiro atoms. The summed E-state index contributed by atoms with van der Waals surface area (Å²) in [5, 5.41) is 0.907. The molecule has 29 heavy (non-hydrogen) atoms. The topological polar surface area (TPSA) is 36.4 Å². The molecule has 0 saturated carbocycles. The highest BCUT2D eigenvalue weighted by atomic mass is 32.2. The van der Waals surface area contributed by atoms with Crippen molar-refractivity contribution in [2.24, 2.45) is 0 Å². The summed E-state index contributed by atoms with van der Waals surface area (Å²) in [5.41, 5.74) is 0.212. The quantitative estimate of drug-likeness (QED) is 0.541. The fourth-order valence-corrected chi connectivity index (χ4v) is 4.84. The zero-order chi connectivity index (χ0) is 20.6. The number of thioether (sulfide) groups is 1. The lowest BCUT2D eigenvalue weighted by Crippen LogP contribution is -2.48. The third kappa shape index (κ3) is 4.20. The van der Waals surface area contributed by atoms with Crippen LogP contribution < -0.4 is 4.90 Å².